The van der Waals surface area contributed by atoms with Crippen molar-refractivity contribution in [2.75, 3.05) is 31.6 Å². The van der Waals surface area contributed by atoms with Crippen molar-refractivity contribution in [3.05, 3.63) is 11.4 Å². The molecule has 0 aromatic carbocycles. The second kappa shape index (κ2) is 8.29. The average molecular weight is 308 g/mol. The molecule has 1 atom stereocenters. The minimum Gasteiger partial charge on any atom is -0.377 e. The van der Waals surface area contributed by atoms with E-state index in [1.54, 1.807) is 0 Å². The van der Waals surface area contributed by atoms with E-state index in [4.69, 9.17) is 4.74 Å². The van der Waals surface area contributed by atoms with Crippen LogP contribution in [0.4, 0.5) is 5.69 Å². The van der Waals surface area contributed by atoms with Crippen molar-refractivity contribution >= 4 is 11.6 Å². The Morgan fingerprint density at radius 2 is 2.27 bits per heavy atom. The van der Waals surface area contributed by atoms with Crippen LogP contribution in [0.5, 0.6) is 0 Å². The molecule has 2 rings (SSSR count). The van der Waals surface area contributed by atoms with Crippen LogP contribution in [0, 0.1) is 13.8 Å². The maximum absolute atomic E-state index is 12.3. The van der Waals surface area contributed by atoms with E-state index in [1.165, 1.54) is 6.42 Å². The Kier molecular flexibility index (Phi) is 6.39. The first kappa shape index (κ1) is 17.0. The first-order chi connectivity index (χ1) is 10.6. The number of carbonyl (C=O) groups is 1. The number of hydrogen-bond acceptors (Lipinski definition) is 4. The number of amides is 1. The topological polar surface area (TPSA) is 70.2 Å². The van der Waals surface area contributed by atoms with E-state index in [-0.39, 0.29) is 12.0 Å². The Balaban J connectivity index is 1.87. The normalized spacial score (nSPS) is 18.6. The van der Waals surface area contributed by atoms with E-state index in [0.29, 0.717) is 6.54 Å². The van der Waals surface area contributed by atoms with Crippen LogP contribution in [0.2, 0.25) is 0 Å². The molecule has 1 aromatic rings. The third-order valence-corrected chi connectivity index (χ3v) is 4.04. The molecule has 1 amide bonds. The lowest BCUT2D eigenvalue weighted by Crippen LogP contribution is -2.40. The van der Waals surface area contributed by atoms with Crippen LogP contribution in [0.15, 0.2) is 0 Å². The summed E-state index contributed by atoms with van der Waals surface area (Å²) in [6.45, 7) is 8.94. The molecular formula is C16H28N4O2. The maximum atomic E-state index is 12.3. The minimum atomic E-state index is 0.0110. The zero-order valence-corrected chi connectivity index (χ0v) is 13.9. The molecular weight excluding hydrogens is 280 g/mol. The number of ether oxygens (including phenoxy) is 1. The molecule has 1 aliphatic heterocycles. The summed E-state index contributed by atoms with van der Waals surface area (Å²) in [6, 6.07) is 0. The van der Waals surface area contributed by atoms with Gasteiger partial charge in [-0.25, -0.2) is 0 Å². The monoisotopic (exact) mass is 308 g/mol. The van der Waals surface area contributed by atoms with Gasteiger partial charge in [0.25, 0.3) is 0 Å². The molecule has 124 valence electrons. The molecule has 0 unspecified atom stereocenters. The smallest absolute Gasteiger partial charge is 0.238 e. The maximum Gasteiger partial charge on any atom is 0.238 e. The lowest BCUT2D eigenvalue weighted by Gasteiger charge is -2.29. The van der Waals surface area contributed by atoms with Crippen molar-refractivity contribution < 1.29 is 9.53 Å². The highest BCUT2D eigenvalue weighted by Gasteiger charge is 2.20. The standard InChI is InChI=1S/C16H28N4O2/c1-4-8-20(10-14-7-5-6-9-22-14)11-15(21)17-16-12(2)18-19-13(16)3/h14H,4-11H2,1-3H3,(H,17,21)(H,18,19)/t14-/m0/s1. The van der Waals surface area contributed by atoms with Crippen LogP contribution in [-0.2, 0) is 9.53 Å². The number of rotatable bonds is 7. The highest BCUT2D eigenvalue weighted by molar-refractivity contribution is 5.93. The number of anilines is 1. The molecule has 1 aromatic heterocycles. The highest BCUT2D eigenvalue weighted by atomic mass is 16.5. The largest absolute Gasteiger partial charge is 0.377 e. The SMILES string of the molecule is CCCN(CC(=O)Nc1c(C)n[nH]c1C)C[C@@H]1CCCCO1. The van der Waals surface area contributed by atoms with E-state index < -0.39 is 0 Å². The number of carbonyl (C=O) groups excluding carboxylic acids is 1. The molecule has 0 aliphatic carbocycles. The quantitative estimate of drug-likeness (QED) is 0.810. The molecule has 2 N–H and O–H groups in total. The van der Waals surface area contributed by atoms with Crippen LogP contribution in [0.1, 0.15) is 44.0 Å². The summed E-state index contributed by atoms with van der Waals surface area (Å²) in [5, 5.41) is 9.96. The number of aromatic amines is 1. The van der Waals surface area contributed by atoms with Gasteiger partial charge in [-0.05, 0) is 46.1 Å². The van der Waals surface area contributed by atoms with Crippen molar-refractivity contribution in [2.24, 2.45) is 0 Å². The Labute approximate surface area is 132 Å². The van der Waals surface area contributed by atoms with E-state index in [9.17, 15) is 4.79 Å². The van der Waals surface area contributed by atoms with Crippen molar-refractivity contribution in [2.45, 2.75) is 52.6 Å². The van der Waals surface area contributed by atoms with Crippen LogP contribution in [0.3, 0.4) is 0 Å². The van der Waals surface area contributed by atoms with Crippen molar-refractivity contribution in [1.29, 1.82) is 0 Å². The van der Waals surface area contributed by atoms with Gasteiger partial charge in [0.15, 0.2) is 0 Å². The van der Waals surface area contributed by atoms with Gasteiger partial charge in [0.2, 0.25) is 5.91 Å². The van der Waals surface area contributed by atoms with Crippen LogP contribution < -0.4 is 5.32 Å². The fraction of sp³-hybridized carbons (Fsp3) is 0.750. The van der Waals surface area contributed by atoms with Gasteiger partial charge in [0, 0.05) is 13.2 Å². The van der Waals surface area contributed by atoms with Crippen LogP contribution in [-0.4, -0.2) is 53.3 Å². The number of aromatic nitrogens is 2. The Morgan fingerprint density at radius 3 is 2.86 bits per heavy atom. The molecule has 1 aliphatic rings. The lowest BCUT2D eigenvalue weighted by atomic mass is 10.1. The second-order valence-corrected chi connectivity index (χ2v) is 6.08. The van der Waals surface area contributed by atoms with Crippen LogP contribution in [0.25, 0.3) is 0 Å². The molecule has 1 saturated heterocycles. The number of nitrogens with one attached hydrogen (secondary N) is 2. The second-order valence-electron chi connectivity index (χ2n) is 6.08. The van der Waals surface area contributed by atoms with E-state index in [2.05, 4.69) is 27.3 Å². The molecule has 0 radical (unpaired) electrons. The minimum absolute atomic E-state index is 0.0110. The summed E-state index contributed by atoms with van der Waals surface area (Å²) in [7, 11) is 0. The Hall–Kier alpha value is -1.40. The molecule has 0 spiro atoms. The number of H-pyrrole nitrogens is 1. The van der Waals surface area contributed by atoms with Gasteiger partial charge in [-0.1, -0.05) is 6.92 Å². The predicted octanol–water partition coefficient (Wildman–Crippen LogP) is 2.25. The van der Waals surface area contributed by atoms with Gasteiger partial charge < -0.3 is 10.1 Å². The first-order valence-corrected chi connectivity index (χ1v) is 8.25. The molecule has 22 heavy (non-hydrogen) atoms. The van der Waals surface area contributed by atoms with Gasteiger partial charge in [-0.2, -0.15) is 5.10 Å². The summed E-state index contributed by atoms with van der Waals surface area (Å²) >= 11 is 0. The third-order valence-electron chi connectivity index (χ3n) is 4.04. The van der Waals surface area contributed by atoms with Gasteiger partial charge in [-0.3, -0.25) is 14.8 Å². The van der Waals surface area contributed by atoms with E-state index in [1.807, 2.05) is 13.8 Å². The summed E-state index contributed by atoms with van der Waals surface area (Å²) in [5.74, 6) is 0.0110. The first-order valence-electron chi connectivity index (χ1n) is 8.25. The summed E-state index contributed by atoms with van der Waals surface area (Å²) < 4.78 is 5.79. The number of nitrogens with zero attached hydrogens (tertiary/aromatic N) is 2. The van der Waals surface area contributed by atoms with Gasteiger partial charge in [-0.15, -0.1) is 0 Å². The molecule has 6 heteroatoms. The van der Waals surface area contributed by atoms with Gasteiger partial charge in [0.1, 0.15) is 0 Å². The van der Waals surface area contributed by atoms with Crippen molar-refractivity contribution in [1.82, 2.24) is 15.1 Å². The highest BCUT2D eigenvalue weighted by Crippen LogP contribution is 2.17. The third kappa shape index (κ3) is 4.81. The number of aryl methyl sites for hydroxylation is 2. The summed E-state index contributed by atoms with van der Waals surface area (Å²) in [4.78, 5) is 14.5. The average Bonchev–Trinajstić information content (AvgIpc) is 2.80. The summed E-state index contributed by atoms with van der Waals surface area (Å²) in [6.07, 6.45) is 4.78. The van der Waals surface area contributed by atoms with Crippen LogP contribution >= 0.6 is 0 Å². The van der Waals surface area contributed by atoms with Crippen molar-refractivity contribution in [3.63, 3.8) is 0 Å². The fourth-order valence-corrected chi connectivity index (χ4v) is 2.91. The Bertz CT molecular complexity index is 461. The Morgan fingerprint density at radius 1 is 1.45 bits per heavy atom. The zero-order valence-electron chi connectivity index (χ0n) is 13.9. The summed E-state index contributed by atoms with van der Waals surface area (Å²) in [5.41, 5.74) is 2.52. The molecule has 0 saturated carbocycles. The lowest BCUT2D eigenvalue weighted by molar-refractivity contribution is -0.118. The van der Waals surface area contributed by atoms with Gasteiger partial charge in [0.05, 0.1) is 29.7 Å². The molecule has 0 bridgehead atoms. The predicted molar refractivity (Wildman–Crippen MR) is 87.0 cm³/mol. The van der Waals surface area contributed by atoms with Gasteiger partial charge >= 0.3 is 0 Å². The van der Waals surface area contributed by atoms with E-state index in [0.717, 1.165) is 56.0 Å². The zero-order chi connectivity index (χ0) is 15.9. The van der Waals surface area contributed by atoms with E-state index >= 15 is 0 Å². The fourth-order valence-electron chi connectivity index (χ4n) is 2.91. The number of hydrogen-bond donors (Lipinski definition) is 2. The molecule has 2 heterocycles. The molecule has 1 fully saturated rings. The molecule has 6 nitrogen and oxygen atoms in total. The van der Waals surface area contributed by atoms with Crippen molar-refractivity contribution in [3.8, 4) is 0 Å².